The Labute approximate surface area is 489 Å². The topological polar surface area (TPSA) is 271 Å². The number of carbonyl (C=O) groups is 3. The number of aromatic nitrogens is 3. The molecule has 3 aromatic rings. The maximum absolute atomic E-state index is 11.7. The number of aryl methyl sites for hydroxylation is 3. The van der Waals surface area contributed by atoms with Gasteiger partial charge in [0.25, 0.3) is 0 Å². The molecule has 3 aliphatic heterocycles. The Balaban J connectivity index is 0.000000261. The quantitative estimate of drug-likeness (QED) is 0.0510. The van der Waals surface area contributed by atoms with E-state index < -0.39 is 16.6 Å². The van der Waals surface area contributed by atoms with Gasteiger partial charge in [0, 0.05) is 77.0 Å². The summed E-state index contributed by atoms with van der Waals surface area (Å²) in [4.78, 5) is 61.6. The molecular weight excluding hydrogens is 1100 g/mol. The highest BCUT2D eigenvalue weighted by molar-refractivity contribution is 8.15. The van der Waals surface area contributed by atoms with Crippen LogP contribution in [-0.2, 0) is 76.3 Å². The molecule has 3 aliphatic rings. The Kier molecular flexibility index (Phi) is 31.5. The largest absolute Gasteiger partial charge is 0.506 e. The van der Waals surface area contributed by atoms with Crippen LogP contribution in [0.5, 0.6) is 17.2 Å². The minimum Gasteiger partial charge on any atom is -0.506 e. The lowest BCUT2D eigenvalue weighted by Crippen LogP contribution is -2.31. The summed E-state index contributed by atoms with van der Waals surface area (Å²) >= 11 is 4.35. The summed E-state index contributed by atoms with van der Waals surface area (Å²) in [6.07, 6.45) is 10.0. The third-order valence-corrected chi connectivity index (χ3v) is 16.6. The van der Waals surface area contributed by atoms with E-state index in [4.69, 9.17) is 42.6 Å². The first-order valence-corrected chi connectivity index (χ1v) is 30.0. The van der Waals surface area contributed by atoms with Crippen LogP contribution in [0.1, 0.15) is 94.6 Å². The van der Waals surface area contributed by atoms with Crippen LogP contribution in [0.4, 0.5) is 0 Å². The Morgan fingerprint density at radius 2 is 0.654 bits per heavy atom. The zero-order valence-corrected chi connectivity index (χ0v) is 51.0. The first-order valence-electron chi connectivity index (χ1n) is 27.1. The van der Waals surface area contributed by atoms with E-state index in [0.717, 1.165) is 55.2 Å². The number of pyridine rings is 3. The number of carbonyl (C=O) groups excluding carboxylic acids is 3. The maximum Gasteiger partial charge on any atom is 0.157 e. The Hall–Kier alpha value is -4.44. The lowest BCUT2D eigenvalue weighted by Gasteiger charge is -2.14. The first kappa shape index (κ1) is 69.1. The fourth-order valence-corrected chi connectivity index (χ4v) is 11.1. The molecule has 6 heterocycles. The van der Waals surface area contributed by atoms with Crippen molar-refractivity contribution in [3.05, 3.63) is 70.6 Å². The molecule has 0 amide bonds. The van der Waals surface area contributed by atoms with Crippen molar-refractivity contribution in [1.82, 2.24) is 15.0 Å². The summed E-state index contributed by atoms with van der Waals surface area (Å²) in [5.41, 5.74) is 1.97. The van der Waals surface area contributed by atoms with E-state index in [1.54, 1.807) is 58.1 Å². The molecule has 0 bridgehead atoms. The van der Waals surface area contributed by atoms with Gasteiger partial charge in [-0.15, -0.1) is 35.3 Å². The van der Waals surface area contributed by atoms with Gasteiger partial charge >= 0.3 is 0 Å². The number of ether oxygens (including phenoxy) is 9. The number of nitrogens with zero attached hydrogens (tertiary/aromatic N) is 6. The summed E-state index contributed by atoms with van der Waals surface area (Å²) in [5, 5.41) is 32.8. The average molecular weight is 1190 g/mol. The predicted octanol–water partition coefficient (Wildman–Crippen LogP) is 6.72. The van der Waals surface area contributed by atoms with E-state index in [1.165, 1.54) is 56.1 Å². The van der Waals surface area contributed by atoms with Crippen LogP contribution in [0.3, 0.4) is 0 Å². The Morgan fingerprint density at radius 1 is 0.420 bits per heavy atom. The van der Waals surface area contributed by atoms with E-state index in [9.17, 15) is 29.7 Å². The number of aromatic hydroxyl groups is 3. The molecule has 0 radical (unpaired) electrons. The standard InChI is InChI=1S/3C19H28N2O5S/c3*1-14(22)19(2)13-27-18(21-19)17-16(23)11-15(12-20-17)5-4-6-25-9-10-26-8-7-24-3/h3*11-12,23H,4-10,13H2,1-3H3/t3*19-/m111/s1. The number of aliphatic imine (C=N–C) groups is 3. The highest BCUT2D eigenvalue weighted by Crippen LogP contribution is 2.36. The molecule has 24 heteroatoms. The lowest BCUT2D eigenvalue weighted by atomic mass is 10.0. The van der Waals surface area contributed by atoms with Crippen molar-refractivity contribution in [3.63, 3.8) is 0 Å². The normalized spacial score (nSPS) is 19.3. The number of rotatable bonds is 36. The highest BCUT2D eigenvalue weighted by Gasteiger charge is 2.39. The van der Waals surface area contributed by atoms with Gasteiger partial charge in [0.15, 0.2) is 17.3 Å². The zero-order valence-electron chi connectivity index (χ0n) is 48.6. The molecule has 450 valence electrons. The third kappa shape index (κ3) is 24.0. The number of thioether (sulfide) groups is 3. The van der Waals surface area contributed by atoms with Crippen molar-refractivity contribution in [1.29, 1.82) is 0 Å². The molecule has 0 unspecified atom stereocenters. The van der Waals surface area contributed by atoms with Crippen LogP contribution >= 0.6 is 35.3 Å². The van der Waals surface area contributed by atoms with Gasteiger partial charge in [-0.25, -0.2) is 15.0 Å². The molecule has 3 aromatic heterocycles. The van der Waals surface area contributed by atoms with Gasteiger partial charge in [-0.1, -0.05) is 0 Å². The Bertz CT molecular complexity index is 2270. The summed E-state index contributed by atoms with van der Waals surface area (Å²) < 4.78 is 47.2. The minimum atomic E-state index is -0.725. The van der Waals surface area contributed by atoms with E-state index in [-0.39, 0.29) is 34.6 Å². The second-order valence-electron chi connectivity index (χ2n) is 19.7. The molecule has 0 spiro atoms. The van der Waals surface area contributed by atoms with Gasteiger partial charge < -0.3 is 58.0 Å². The van der Waals surface area contributed by atoms with Gasteiger partial charge in [0.05, 0.1) is 79.3 Å². The lowest BCUT2D eigenvalue weighted by molar-refractivity contribution is -0.121. The SMILES string of the molecule is COCCOCCOCCCc1cnc(C2=N[C@@](C)(C(C)=O)CS2)c(O)c1.COCCOCCOCCCc1cnc(C2=N[C@@](C)(C(C)=O)CS2)c(O)c1.COCCOCCOCCCc1cnc(C2=N[C@@](C)(C(C)=O)CS2)c(O)c1. The fraction of sp³-hybridized carbons (Fsp3) is 0.632. The van der Waals surface area contributed by atoms with Crippen molar-refractivity contribution in [2.75, 3.05) is 138 Å². The van der Waals surface area contributed by atoms with E-state index in [1.807, 2.05) is 20.8 Å². The molecule has 0 saturated heterocycles. The summed E-state index contributed by atoms with van der Waals surface area (Å²) in [7, 11) is 4.92. The highest BCUT2D eigenvalue weighted by atomic mass is 32.2. The second kappa shape index (κ2) is 37.0. The molecule has 3 N–H and O–H groups in total. The molecular formula is C57H84N6O15S3. The summed E-state index contributed by atoms with van der Waals surface area (Å²) in [6, 6.07) is 5.13. The molecule has 81 heavy (non-hydrogen) atoms. The van der Waals surface area contributed by atoms with Crippen molar-refractivity contribution in [2.24, 2.45) is 15.0 Å². The van der Waals surface area contributed by atoms with Gasteiger partial charge in [0.1, 0.15) is 66.1 Å². The van der Waals surface area contributed by atoms with E-state index >= 15 is 0 Å². The smallest absolute Gasteiger partial charge is 0.157 e. The van der Waals surface area contributed by atoms with Gasteiger partial charge in [-0.3, -0.25) is 29.4 Å². The van der Waals surface area contributed by atoms with Gasteiger partial charge in [0.2, 0.25) is 0 Å². The number of methoxy groups -OCH3 is 3. The predicted molar refractivity (Wildman–Crippen MR) is 317 cm³/mol. The van der Waals surface area contributed by atoms with Crippen LogP contribution in [0, 0.1) is 0 Å². The van der Waals surface area contributed by atoms with Crippen LogP contribution < -0.4 is 0 Å². The molecule has 0 saturated carbocycles. The number of ketones is 3. The molecule has 0 fully saturated rings. The zero-order chi connectivity index (χ0) is 59.1. The van der Waals surface area contributed by atoms with Crippen molar-refractivity contribution in [2.45, 2.75) is 96.7 Å². The molecule has 0 aliphatic carbocycles. The second-order valence-corrected chi connectivity index (χ2v) is 22.6. The van der Waals surface area contributed by atoms with Crippen molar-refractivity contribution < 1.29 is 72.3 Å². The number of Topliss-reactive ketones (excluding diaryl/α,β-unsaturated/α-hetero) is 3. The van der Waals surface area contributed by atoms with Crippen molar-refractivity contribution >= 4 is 67.8 Å². The van der Waals surface area contributed by atoms with Crippen LogP contribution in [-0.4, -0.2) is 217 Å². The van der Waals surface area contributed by atoms with Crippen LogP contribution in [0.15, 0.2) is 51.8 Å². The Morgan fingerprint density at radius 3 is 0.864 bits per heavy atom. The molecule has 3 atom stereocenters. The molecule has 0 aromatic carbocycles. The summed E-state index contributed by atoms with van der Waals surface area (Å²) in [5.74, 6) is 2.07. The fourth-order valence-electron chi connectivity index (χ4n) is 7.31. The maximum atomic E-state index is 11.7. The molecule has 21 nitrogen and oxygen atoms in total. The average Bonchev–Trinajstić information content (AvgIpc) is 4.18. The summed E-state index contributed by atoms with van der Waals surface area (Å²) in [6.45, 7) is 18.7. The van der Waals surface area contributed by atoms with E-state index in [0.29, 0.717) is 149 Å². The number of hydrogen-bond donors (Lipinski definition) is 3. The van der Waals surface area contributed by atoms with Crippen LogP contribution in [0.2, 0.25) is 0 Å². The van der Waals surface area contributed by atoms with Crippen LogP contribution in [0.25, 0.3) is 0 Å². The van der Waals surface area contributed by atoms with E-state index in [2.05, 4.69) is 29.9 Å². The monoisotopic (exact) mass is 1190 g/mol. The van der Waals surface area contributed by atoms with Crippen molar-refractivity contribution in [3.8, 4) is 17.2 Å². The number of hydrogen-bond acceptors (Lipinski definition) is 24. The molecule has 6 rings (SSSR count). The third-order valence-electron chi connectivity index (χ3n) is 12.8. The first-order chi connectivity index (χ1) is 38.9. The van der Waals surface area contributed by atoms with Gasteiger partial charge in [-0.2, -0.15) is 0 Å². The minimum absolute atomic E-state index is 0.0187. The van der Waals surface area contributed by atoms with Gasteiger partial charge in [-0.05, 0) is 115 Å².